The van der Waals surface area contributed by atoms with Gasteiger partial charge in [0.05, 0.1) is 4.47 Å². The lowest BCUT2D eigenvalue weighted by molar-refractivity contribution is 0.173. The zero-order valence-corrected chi connectivity index (χ0v) is 13.5. The van der Waals surface area contributed by atoms with Crippen LogP contribution in [0.3, 0.4) is 0 Å². The van der Waals surface area contributed by atoms with E-state index >= 15 is 0 Å². The van der Waals surface area contributed by atoms with Gasteiger partial charge in [-0.05, 0) is 46.0 Å². The Labute approximate surface area is 128 Å². The van der Waals surface area contributed by atoms with Gasteiger partial charge < -0.3 is 19.7 Å². The Morgan fingerprint density at radius 2 is 2.10 bits per heavy atom. The second-order valence-electron chi connectivity index (χ2n) is 5.26. The van der Waals surface area contributed by atoms with Crippen LogP contribution in [0, 0.1) is 0 Å². The van der Waals surface area contributed by atoms with E-state index in [0.29, 0.717) is 6.79 Å². The molecule has 0 aromatic heterocycles. The molecule has 1 saturated heterocycles. The van der Waals surface area contributed by atoms with Gasteiger partial charge in [-0.3, -0.25) is 0 Å². The average Bonchev–Trinajstić information content (AvgIpc) is 2.95. The molecule has 0 bridgehead atoms. The van der Waals surface area contributed by atoms with Crippen LogP contribution in [0.15, 0.2) is 10.5 Å². The van der Waals surface area contributed by atoms with Crippen molar-refractivity contribution in [2.45, 2.75) is 19.8 Å². The van der Waals surface area contributed by atoms with Crippen LogP contribution in [0.2, 0.25) is 0 Å². The summed E-state index contributed by atoms with van der Waals surface area (Å²) in [7, 11) is 0. The molecule has 110 valence electrons. The molecule has 0 radical (unpaired) electrons. The van der Waals surface area contributed by atoms with E-state index in [0.717, 1.165) is 61.5 Å². The highest BCUT2D eigenvalue weighted by atomic mass is 79.9. The minimum atomic E-state index is 0.332. The number of hydrogen-bond acceptors (Lipinski definition) is 4. The summed E-state index contributed by atoms with van der Waals surface area (Å²) in [5.41, 5.74) is 2.73. The molecule has 0 aliphatic carbocycles. The molecule has 1 aromatic rings. The van der Waals surface area contributed by atoms with Crippen molar-refractivity contribution in [3.63, 3.8) is 0 Å². The summed E-state index contributed by atoms with van der Waals surface area (Å²) in [4.78, 5) is 2.52. The Kier molecular flexibility index (Phi) is 4.48. The monoisotopic (exact) mass is 340 g/mol. The zero-order chi connectivity index (χ0) is 13.9. The van der Waals surface area contributed by atoms with Crippen molar-refractivity contribution in [2.75, 3.05) is 39.5 Å². The highest BCUT2D eigenvalue weighted by Gasteiger charge is 2.22. The van der Waals surface area contributed by atoms with E-state index in [1.54, 1.807) is 0 Å². The van der Waals surface area contributed by atoms with Gasteiger partial charge >= 0.3 is 0 Å². The van der Waals surface area contributed by atoms with E-state index in [-0.39, 0.29) is 0 Å². The smallest absolute Gasteiger partial charge is 0.231 e. The predicted molar refractivity (Wildman–Crippen MR) is 82.7 cm³/mol. The second-order valence-corrected chi connectivity index (χ2v) is 6.05. The van der Waals surface area contributed by atoms with Gasteiger partial charge in [0.2, 0.25) is 6.79 Å². The molecular formula is C15H21BrN2O2. The first-order valence-electron chi connectivity index (χ1n) is 7.32. The molecule has 2 aliphatic heterocycles. The van der Waals surface area contributed by atoms with E-state index in [1.807, 2.05) is 0 Å². The third-order valence-corrected chi connectivity index (χ3v) is 4.90. The SMILES string of the molecule is CCc1c(CCN2CCNCC2)cc2c(c1Br)OCO2. The first-order chi connectivity index (χ1) is 9.79. The van der Waals surface area contributed by atoms with Crippen molar-refractivity contribution in [1.29, 1.82) is 0 Å². The fraction of sp³-hybridized carbons (Fsp3) is 0.600. The summed E-state index contributed by atoms with van der Waals surface area (Å²) in [5.74, 6) is 1.75. The summed E-state index contributed by atoms with van der Waals surface area (Å²) in [6.45, 7) is 8.13. The lowest BCUT2D eigenvalue weighted by Crippen LogP contribution is -2.44. The fourth-order valence-electron chi connectivity index (χ4n) is 2.91. The second kappa shape index (κ2) is 6.33. The Hall–Kier alpha value is -0.780. The Morgan fingerprint density at radius 1 is 1.30 bits per heavy atom. The molecule has 2 heterocycles. The maximum absolute atomic E-state index is 5.54. The predicted octanol–water partition coefficient (Wildman–Crippen LogP) is 2.19. The maximum Gasteiger partial charge on any atom is 0.231 e. The molecule has 3 rings (SSSR count). The molecular weight excluding hydrogens is 320 g/mol. The molecule has 5 heteroatoms. The summed E-state index contributed by atoms with van der Waals surface area (Å²) in [5, 5.41) is 3.39. The number of piperazine rings is 1. The molecule has 1 fully saturated rings. The van der Waals surface area contributed by atoms with E-state index in [4.69, 9.17) is 9.47 Å². The van der Waals surface area contributed by atoms with E-state index in [1.165, 1.54) is 11.1 Å². The molecule has 0 unspecified atom stereocenters. The van der Waals surface area contributed by atoms with Gasteiger partial charge in [-0.25, -0.2) is 0 Å². The Bertz CT molecular complexity index is 487. The largest absolute Gasteiger partial charge is 0.454 e. The average molecular weight is 341 g/mol. The number of halogens is 1. The number of nitrogens with zero attached hydrogens (tertiary/aromatic N) is 1. The van der Waals surface area contributed by atoms with Crippen LogP contribution in [0.25, 0.3) is 0 Å². The van der Waals surface area contributed by atoms with Crippen molar-refractivity contribution in [1.82, 2.24) is 10.2 Å². The topological polar surface area (TPSA) is 33.7 Å². The molecule has 1 aromatic carbocycles. The van der Waals surface area contributed by atoms with Crippen LogP contribution in [-0.2, 0) is 12.8 Å². The summed E-state index contributed by atoms with van der Waals surface area (Å²) in [6, 6.07) is 2.16. The van der Waals surface area contributed by atoms with Gasteiger partial charge in [-0.15, -0.1) is 0 Å². The third kappa shape index (κ3) is 2.80. The van der Waals surface area contributed by atoms with Crippen LogP contribution in [0.1, 0.15) is 18.1 Å². The van der Waals surface area contributed by atoms with Crippen LogP contribution in [0.5, 0.6) is 11.5 Å². The highest BCUT2D eigenvalue weighted by molar-refractivity contribution is 9.10. The summed E-state index contributed by atoms with van der Waals surface area (Å²) < 4.78 is 12.1. The standard InChI is InChI=1S/C15H21BrN2O2/c1-2-12-11(3-6-18-7-4-17-5-8-18)9-13-15(14(12)16)20-10-19-13/h9,17H,2-8,10H2,1H3. The molecule has 20 heavy (non-hydrogen) atoms. The van der Waals surface area contributed by atoms with E-state index in [2.05, 4.69) is 39.1 Å². The van der Waals surface area contributed by atoms with Crippen LogP contribution < -0.4 is 14.8 Å². The van der Waals surface area contributed by atoms with Gasteiger partial charge in [0, 0.05) is 32.7 Å². The number of benzene rings is 1. The normalized spacial score (nSPS) is 18.5. The van der Waals surface area contributed by atoms with E-state index in [9.17, 15) is 0 Å². The molecule has 0 spiro atoms. The minimum Gasteiger partial charge on any atom is -0.454 e. The van der Waals surface area contributed by atoms with Gasteiger partial charge in [0.1, 0.15) is 0 Å². The summed E-state index contributed by atoms with van der Waals surface area (Å²) >= 11 is 3.68. The van der Waals surface area contributed by atoms with E-state index < -0.39 is 0 Å². The number of fused-ring (bicyclic) bond motifs is 1. The van der Waals surface area contributed by atoms with Crippen molar-refractivity contribution < 1.29 is 9.47 Å². The number of nitrogens with one attached hydrogen (secondary N) is 1. The van der Waals surface area contributed by atoms with Crippen LogP contribution in [0.4, 0.5) is 0 Å². The zero-order valence-electron chi connectivity index (χ0n) is 11.9. The number of rotatable bonds is 4. The Balaban J connectivity index is 1.76. The third-order valence-electron chi connectivity index (χ3n) is 4.06. The minimum absolute atomic E-state index is 0.332. The molecule has 2 aliphatic rings. The molecule has 1 N–H and O–H groups in total. The fourth-order valence-corrected chi connectivity index (χ4v) is 3.75. The van der Waals surface area contributed by atoms with Crippen molar-refractivity contribution in [3.8, 4) is 11.5 Å². The molecule has 0 saturated carbocycles. The Morgan fingerprint density at radius 3 is 2.85 bits per heavy atom. The van der Waals surface area contributed by atoms with Gasteiger partial charge in [0.25, 0.3) is 0 Å². The lowest BCUT2D eigenvalue weighted by atomic mass is 10.0. The van der Waals surface area contributed by atoms with Crippen molar-refractivity contribution >= 4 is 15.9 Å². The quantitative estimate of drug-likeness (QED) is 0.910. The summed E-state index contributed by atoms with van der Waals surface area (Å²) in [6.07, 6.45) is 2.08. The first kappa shape index (κ1) is 14.2. The van der Waals surface area contributed by atoms with Crippen molar-refractivity contribution in [3.05, 3.63) is 21.7 Å². The first-order valence-corrected chi connectivity index (χ1v) is 8.11. The van der Waals surface area contributed by atoms with Crippen LogP contribution >= 0.6 is 15.9 Å². The number of hydrogen-bond donors (Lipinski definition) is 1. The molecule has 4 nitrogen and oxygen atoms in total. The highest BCUT2D eigenvalue weighted by Crippen LogP contribution is 2.43. The van der Waals surface area contributed by atoms with Gasteiger partial charge in [-0.1, -0.05) is 6.92 Å². The molecule has 0 atom stereocenters. The van der Waals surface area contributed by atoms with Gasteiger partial charge in [-0.2, -0.15) is 0 Å². The lowest BCUT2D eigenvalue weighted by Gasteiger charge is -2.27. The van der Waals surface area contributed by atoms with Crippen LogP contribution in [-0.4, -0.2) is 44.4 Å². The molecule has 0 amide bonds. The van der Waals surface area contributed by atoms with Crippen molar-refractivity contribution in [2.24, 2.45) is 0 Å². The maximum atomic E-state index is 5.54. The van der Waals surface area contributed by atoms with Gasteiger partial charge in [0.15, 0.2) is 11.5 Å². The number of ether oxygens (including phenoxy) is 2.